The second-order valence-corrected chi connectivity index (χ2v) is 7.85. The number of halogens is 1. The predicted octanol–water partition coefficient (Wildman–Crippen LogP) is 6.49. The zero-order chi connectivity index (χ0) is 21.3. The summed E-state index contributed by atoms with van der Waals surface area (Å²) < 4.78 is 1.14. The van der Waals surface area contributed by atoms with E-state index >= 15 is 0 Å². The third-order valence-corrected chi connectivity index (χ3v) is 5.45. The summed E-state index contributed by atoms with van der Waals surface area (Å²) in [6.07, 6.45) is 0. The summed E-state index contributed by atoms with van der Waals surface area (Å²) in [6, 6.07) is 34.1. The van der Waals surface area contributed by atoms with Gasteiger partial charge in [-0.15, -0.1) is 0 Å². The lowest BCUT2D eigenvalue weighted by molar-refractivity contribution is 1.55. The molecule has 0 fully saturated rings. The maximum absolute atomic E-state index is 3.30. The first-order valence-corrected chi connectivity index (χ1v) is 10.9. The molecule has 0 atom stereocenters. The first kappa shape index (κ1) is 20.6. The quantitative estimate of drug-likeness (QED) is 0.190. The standard InChI is InChI=1S/C30H17I/c31-30-17-9-8-16-29(30)23-22-28-15-7-6-14-27(28)21-20-26-13-5-4-12-25(26)19-18-24-10-2-1-3-11-24/h1-17H. The van der Waals surface area contributed by atoms with Gasteiger partial charge in [-0.3, -0.25) is 0 Å². The van der Waals surface area contributed by atoms with Gasteiger partial charge in [0, 0.05) is 37.0 Å². The molecule has 0 bridgehead atoms. The average Bonchev–Trinajstić information content (AvgIpc) is 2.82. The minimum atomic E-state index is 0.909. The minimum absolute atomic E-state index is 0.909. The topological polar surface area (TPSA) is 0 Å². The molecule has 0 N–H and O–H groups in total. The van der Waals surface area contributed by atoms with E-state index in [2.05, 4.69) is 64.2 Å². The monoisotopic (exact) mass is 504 g/mol. The van der Waals surface area contributed by atoms with E-state index in [0.717, 1.165) is 37.0 Å². The lowest BCUT2D eigenvalue weighted by Crippen LogP contribution is -1.86. The van der Waals surface area contributed by atoms with E-state index in [1.54, 1.807) is 0 Å². The number of hydrogen-bond donors (Lipinski definition) is 0. The highest BCUT2D eigenvalue weighted by atomic mass is 127. The Kier molecular flexibility index (Phi) is 6.87. The van der Waals surface area contributed by atoms with Crippen LogP contribution in [-0.2, 0) is 0 Å². The van der Waals surface area contributed by atoms with Gasteiger partial charge < -0.3 is 0 Å². The zero-order valence-electron chi connectivity index (χ0n) is 16.7. The molecule has 4 aromatic rings. The molecule has 4 aromatic carbocycles. The highest BCUT2D eigenvalue weighted by Gasteiger charge is 1.98. The number of benzene rings is 4. The van der Waals surface area contributed by atoms with E-state index in [0.29, 0.717) is 0 Å². The van der Waals surface area contributed by atoms with Crippen molar-refractivity contribution in [3.8, 4) is 35.5 Å². The van der Waals surface area contributed by atoms with Crippen molar-refractivity contribution in [1.82, 2.24) is 0 Å². The van der Waals surface area contributed by atoms with Crippen LogP contribution in [0.3, 0.4) is 0 Å². The van der Waals surface area contributed by atoms with Crippen molar-refractivity contribution >= 4 is 22.6 Å². The molecule has 0 aliphatic heterocycles. The fourth-order valence-electron chi connectivity index (χ4n) is 2.90. The van der Waals surface area contributed by atoms with Crippen molar-refractivity contribution in [2.24, 2.45) is 0 Å². The molecule has 0 amide bonds. The molecule has 0 aromatic heterocycles. The SMILES string of the molecule is Ic1ccccc1C#Cc1ccccc1C#Cc1ccccc1C#Cc1ccccc1. The predicted molar refractivity (Wildman–Crippen MR) is 136 cm³/mol. The summed E-state index contributed by atoms with van der Waals surface area (Å²) in [7, 11) is 0. The van der Waals surface area contributed by atoms with Crippen LogP contribution in [0.15, 0.2) is 103 Å². The molecule has 31 heavy (non-hydrogen) atoms. The summed E-state index contributed by atoms with van der Waals surface area (Å²) in [5.41, 5.74) is 5.66. The van der Waals surface area contributed by atoms with Gasteiger partial charge in [0.15, 0.2) is 0 Å². The van der Waals surface area contributed by atoms with Crippen LogP contribution in [0.1, 0.15) is 33.4 Å². The lowest BCUT2D eigenvalue weighted by atomic mass is 10.0. The molecule has 4 rings (SSSR count). The molecule has 0 aliphatic carbocycles. The van der Waals surface area contributed by atoms with Crippen molar-refractivity contribution in [2.45, 2.75) is 0 Å². The van der Waals surface area contributed by atoms with Gasteiger partial charge >= 0.3 is 0 Å². The Morgan fingerprint density at radius 1 is 0.355 bits per heavy atom. The summed E-state index contributed by atoms with van der Waals surface area (Å²) in [4.78, 5) is 0. The molecule has 0 spiro atoms. The second kappa shape index (κ2) is 10.4. The summed E-state index contributed by atoms with van der Waals surface area (Å²) in [6.45, 7) is 0. The van der Waals surface area contributed by atoms with Gasteiger partial charge in [-0.25, -0.2) is 0 Å². The van der Waals surface area contributed by atoms with E-state index in [4.69, 9.17) is 0 Å². The number of hydrogen-bond acceptors (Lipinski definition) is 0. The smallest absolute Gasteiger partial charge is 0.0405 e. The van der Waals surface area contributed by atoms with Gasteiger partial charge in [-0.05, 0) is 71.1 Å². The summed E-state index contributed by atoms with van der Waals surface area (Å²) in [5.74, 6) is 19.6. The van der Waals surface area contributed by atoms with Crippen molar-refractivity contribution in [3.05, 3.63) is 140 Å². The fourth-order valence-corrected chi connectivity index (χ4v) is 3.42. The molecular weight excluding hydrogens is 487 g/mol. The molecule has 144 valence electrons. The maximum atomic E-state index is 3.30. The van der Waals surface area contributed by atoms with Crippen LogP contribution >= 0.6 is 22.6 Å². The van der Waals surface area contributed by atoms with Crippen LogP contribution in [0.25, 0.3) is 0 Å². The van der Waals surface area contributed by atoms with E-state index in [1.807, 2.05) is 97.1 Å². The number of rotatable bonds is 0. The molecule has 0 aliphatic rings. The lowest BCUT2D eigenvalue weighted by Gasteiger charge is -1.98. The van der Waals surface area contributed by atoms with Crippen molar-refractivity contribution < 1.29 is 0 Å². The highest BCUT2D eigenvalue weighted by molar-refractivity contribution is 14.1. The Bertz CT molecular complexity index is 1390. The Morgan fingerprint density at radius 3 is 1.19 bits per heavy atom. The Hall–Kier alpha value is -3.71. The third kappa shape index (κ3) is 5.67. The van der Waals surface area contributed by atoms with E-state index in [9.17, 15) is 0 Å². The molecule has 0 saturated heterocycles. The van der Waals surface area contributed by atoms with Gasteiger partial charge in [0.1, 0.15) is 0 Å². The van der Waals surface area contributed by atoms with Crippen LogP contribution in [0, 0.1) is 39.1 Å². The van der Waals surface area contributed by atoms with E-state index in [1.165, 1.54) is 0 Å². The molecule has 0 unspecified atom stereocenters. The average molecular weight is 504 g/mol. The van der Waals surface area contributed by atoms with E-state index in [-0.39, 0.29) is 0 Å². The van der Waals surface area contributed by atoms with Crippen molar-refractivity contribution in [2.75, 3.05) is 0 Å². The second-order valence-electron chi connectivity index (χ2n) is 6.69. The maximum Gasteiger partial charge on any atom is 0.0405 e. The normalized spacial score (nSPS) is 9.32. The van der Waals surface area contributed by atoms with Crippen LogP contribution < -0.4 is 0 Å². The van der Waals surface area contributed by atoms with Gasteiger partial charge in [-0.1, -0.05) is 90.1 Å². The minimum Gasteiger partial charge on any atom is -0.0622 e. The van der Waals surface area contributed by atoms with Gasteiger partial charge in [-0.2, -0.15) is 0 Å². The van der Waals surface area contributed by atoms with Gasteiger partial charge in [0.25, 0.3) is 0 Å². The highest BCUT2D eigenvalue weighted by Crippen LogP contribution is 2.12. The van der Waals surface area contributed by atoms with Crippen molar-refractivity contribution in [1.29, 1.82) is 0 Å². The fraction of sp³-hybridized carbons (Fsp3) is 0. The molecule has 0 radical (unpaired) electrons. The Morgan fingerprint density at radius 2 is 0.710 bits per heavy atom. The third-order valence-electron chi connectivity index (χ3n) is 4.51. The summed E-state index contributed by atoms with van der Waals surface area (Å²) in [5, 5.41) is 0. The van der Waals surface area contributed by atoms with Crippen LogP contribution in [-0.4, -0.2) is 0 Å². The Balaban J connectivity index is 1.66. The van der Waals surface area contributed by atoms with Crippen LogP contribution in [0.5, 0.6) is 0 Å². The molecule has 0 saturated carbocycles. The van der Waals surface area contributed by atoms with Crippen LogP contribution in [0.2, 0.25) is 0 Å². The molecule has 0 heterocycles. The van der Waals surface area contributed by atoms with Gasteiger partial charge in [0.05, 0.1) is 0 Å². The molecular formula is C30H17I. The van der Waals surface area contributed by atoms with Crippen molar-refractivity contribution in [3.63, 3.8) is 0 Å². The first-order valence-electron chi connectivity index (χ1n) is 9.83. The van der Waals surface area contributed by atoms with E-state index < -0.39 is 0 Å². The first-order chi connectivity index (χ1) is 15.3. The summed E-state index contributed by atoms with van der Waals surface area (Å²) >= 11 is 2.31. The Labute approximate surface area is 197 Å². The zero-order valence-corrected chi connectivity index (χ0v) is 18.9. The largest absolute Gasteiger partial charge is 0.0622 e. The van der Waals surface area contributed by atoms with Gasteiger partial charge in [0.2, 0.25) is 0 Å². The van der Waals surface area contributed by atoms with Crippen LogP contribution in [0.4, 0.5) is 0 Å². The molecule has 0 nitrogen and oxygen atoms in total. The molecule has 1 heteroatoms.